The molecule has 0 spiro atoms. The predicted molar refractivity (Wildman–Crippen MR) is 92.1 cm³/mol. The molecule has 132 valence electrons. The van der Waals surface area contributed by atoms with E-state index in [2.05, 4.69) is 0 Å². The van der Waals surface area contributed by atoms with Gasteiger partial charge in [0.05, 0.1) is 0 Å². The van der Waals surface area contributed by atoms with E-state index in [1.807, 2.05) is 27.7 Å². The zero-order valence-corrected chi connectivity index (χ0v) is 15.7. The van der Waals surface area contributed by atoms with E-state index in [1.165, 1.54) is 6.92 Å². The van der Waals surface area contributed by atoms with Crippen molar-refractivity contribution in [2.45, 2.75) is 71.9 Å². The van der Waals surface area contributed by atoms with Gasteiger partial charge >= 0.3 is 5.97 Å². The summed E-state index contributed by atoms with van der Waals surface area (Å²) in [5.41, 5.74) is -0.558. The molecule has 1 atom stereocenters. The first kappa shape index (κ1) is 20.0. The number of hydrogen-bond donors (Lipinski definition) is 0. The minimum absolute atomic E-state index is 0.00390. The summed E-state index contributed by atoms with van der Waals surface area (Å²) in [6.07, 6.45) is 4.03. The van der Waals surface area contributed by atoms with Crippen LogP contribution in [0.2, 0.25) is 0 Å². The number of esters is 1. The molecule has 0 aromatic carbocycles. The minimum Gasteiger partial charge on any atom is -0.459 e. The van der Waals surface area contributed by atoms with Crippen LogP contribution in [0.1, 0.15) is 60.3 Å². The maximum atomic E-state index is 12.7. The lowest BCUT2D eigenvalue weighted by Gasteiger charge is -2.31. The van der Waals surface area contributed by atoms with Crippen LogP contribution in [0, 0.1) is 5.92 Å². The van der Waals surface area contributed by atoms with Crippen LogP contribution in [0.3, 0.4) is 0 Å². The summed E-state index contributed by atoms with van der Waals surface area (Å²) in [6.45, 7) is 8.76. The molecule has 0 radical (unpaired) electrons. The van der Waals surface area contributed by atoms with Crippen LogP contribution in [0.5, 0.6) is 0 Å². The number of nitrogens with zero attached hydrogens (tertiary/aromatic N) is 1. The van der Waals surface area contributed by atoms with Gasteiger partial charge in [-0.3, -0.25) is 14.4 Å². The SMILES string of the molecule is CC(=O)SCC(C)C(=O)N(CC(=O)OC(C)(C)C)C1CCCC1. The first-order valence-corrected chi connectivity index (χ1v) is 9.24. The van der Waals surface area contributed by atoms with Crippen LogP contribution < -0.4 is 0 Å². The van der Waals surface area contributed by atoms with Gasteiger partial charge in [0.25, 0.3) is 0 Å². The van der Waals surface area contributed by atoms with Gasteiger partial charge in [-0.05, 0) is 33.6 Å². The second-order valence-electron chi connectivity index (χ2n) is 7.19. The van der Waals surface area contributed by atoms with Crippen molar-refractivity contribution in [3.8, 4) is 0 Å². The summed E-state index contributed by atoms with van der Waals surface area (Å²) in [5, 5.41) is 0.00390. The summed E-state index contributed by atoms with van der Waals surface area (Å²) in [7, 11) is 0. The summed E-state index contributed by atoms with van der Waals surface area (Å²) in [5.74, 6) is -0.265. The Morgan fingerprint density at radius 1 is 1.22 bits per heavy atom. The third-order valence-corrected chi connectivity index (χ3v) is 4.80. The van der Waals surface area contributed by atoms with Crippen LogP contribution in [0.25, 0.3) is 0 Å². The van der Waals surface area contributed by atoms with Gasteiger partial charge in [-0.1, -0.05) is 31.5 Å². The van der Waals surface area contributed by atoms with Crippen LogP contribution in [-0.2, 0) is 19.1 Å². The molecule has 1 rings (SSSR count). The van der Waals surface area contributed by atoms with Crippen molar-refractivity contribution in [2.24, 2.45) is 5.92 Å². The van der Waals surface area contributed by atoms with Crippen LogP contribution in [0.4, 0.5) is 0 Å². The maximum absolute atomic E-state index is 12.7. The monoisotopic (exact) mass is 343 g/mol. The number of carbonyl (C=O) groups excluding carboxylic acids is 3. The highest BCUT2D eigenvalue weighted by Crippen LogP contribution is 2.26. The zero-order chi connectivity index (χ0) is 17.6. The largest absolute Gasteiger partial charge is 0.459 e. The third-order valence-electron chi connectivity index (χ3n) is 3.73. The second-order valence-corrected chi connectivity index (χ2v) is 8.39. The molecule has 0 aromatic rings. The standard InChI is InChI=1S/C17H29NO4S/c1-12(11-23-13(2)19)16(21)18(14-8-6-7-9-14)10-15(20)22-17(3,4)5/h12,14H,6-11H2,1-5H3. The highest BCUT2D eigenvalue weighted by atomic mass is 32.2. The number of carbonyl (C=O) groups is 3. The topological polar surface area (TPSA) is 63.7 Å². The highest BCUT2D eigenvalue weighted by Gasteiger charge is 2.32. The van der Waals surface area contributed by atoms with Gasteiger partial charge in [0.15, 0.2) is 5.12 Å². The number of thioether (sulfide) groups is 1. The lowest BCUT2D eigenvalue weighted by Crippen LogP contribution is -2.46. The Morgan fingerprint density at radius 2 is 1.78 bits per heavy atom. The van der Waals surface area contributed by atoms with E-state index < -0.39 is 5.60 Å². The molecule has 0 aromatic heterocycles. The van der Waals surface area contributed by atoms with Gasteiger partial charge in [-0.2, -0.15) is 0 Å². The lowest BCUT2D eigenvalue weighted by molar-refractivity contribution is -0.160. The average molecular weight is 343 g/mol. The molecule has 1 aliphatic rings. The first-order valence-electron chi connectivity index (χ1n) is 8.26. The molecule has 6 heteroatoms. The maximum Gasteiger partial charge on any atom is 0.326 e. The van der Waals surface area contributed by atoms with Gasteiger partial charge in [0.1, 0.15) is 12.1 Å². The van der Waals surface area contributed by atoms with Crippen molar-refractivity contribution in [3.63, 3.8) is 0 Å². The van der Waals surface area contributed by atoms with Crippen molar-refractivity contribution in [3.05, 3.63) is 0 Å². The molecule has 1 unspecified atom stereocenters. The van der Waals surface area contributed by atoms with E-state index in [1.54, 1.807) is 4.90 Å². The van der Waals surface area contributed by atoms with Crippen molar-refractivity contribution >= 4 is 28.8 Å². The highest BCUT2D eigenvalue weighted by molar-refractivity contribution is 8.13. The second kappa shape index (κ2) is 8.71. The Balaban J connectivity index is 2.73. The molecule has 1 aliphatic carbocycles. The Labute approximate surface area is 143 Å². The molecule has 0 bridgehead atoms. The molecule has 1 saturated carbocycles. The third kappa shape index (κ3) is 7.38. The van der Waals surface area contributed by atoms with E-state index in [-0.39, 0.29) is 35.5 Å². The summed E-state index contributed by atoms with van der Waals surface area (Å²) in [6, 6.07) is 0.111. The van der Waals surface area contributed by atoms with Crippen molar-refractivity contribution in [1.29, 1.82) is 0 Å². The zero-order valence-electron chi connectivity index (χ0n) is 14.9. The number of hydrogen-bond acceptors (Lipinski definition) is 5. The molecule has 1 fully saturated rings. The van der Waals surface area contributed by atoms with Gasteiger partial charge in [-0.15, -0.1) is 0 Å². The molecule has 23 heavy (non-hydrogen) atoms. The molecule has 0 N–H and O–H groups in total. The fraction of sp³-hybridized carbons (Fsp3) is 0.824. The quantitative estimate of drug-likeness (QED) is 0.694. The normalized spacial score (nSPS) is 16.9. The van der Waals surface area contributed by atoms with E-state index in [0.717, 1.165) is 37.4 Å². The molecule has 5 nitrogen and oxygen atoms in total. The lowest BCUT2D eigenvalue weighted by atomic mass is 10.1. The Morgan fingerprint density at radius 3 is 2.26 bits per heavy atom. The molecule has 0 heterocycles. The number of amides is 1. The van der Waals surface area contributed by atoms with E-state index >= 15 is 0 Å². The average Bonchev–Trinajstić information content (AvgIpc) is 2.93. The molecular weight excluding hydrogens is 314 g/mol. The van der Waals surface area contributed by atoms with E-state index in [0.29, 0.717) is 5.75 Å². The predicted octanol–water partition coefficient (Wildman–Crippen LogP) is 3.02. The molecule has 1 amide bonds. The van der Waals surface area contributed by atoms with Crippen LogP contribution >= 0.6 is 11.8 Å². The van der Waals surface area contributed by atoms with Crippen molar-refractivity contribution in [2.75, 3.05) is 12.3 Å². The van der Waals surface area contributed by atoms with Gasteiger partial charge in [0.2, 0.25) is 5.91 Å². The van der Waals surface area contributed by atoms with Gasteiger partial charge < -0.3 is 9.64 Å². The molecule has 0 aliphatic heterocycles. The van der Waals surface area contributed by atoms with E-state index in [9.17, 15) is 14.4 Å². The van der Waals surface area contributed by atoms with Crippen molar-refractivity contribution < 1.29 is 19.1 Å². The Kier molecular flexibility index (Phi) is 7.58. The molecular formula is C17H29NO4S. The number of rotatable bonds is 6. The summed E-state index contributed by atoms with van der Waals surface area (Å²) < 4.78 is 5.36. The van der Waals surface area contributed by atoms with Gasteiger partial charge in [0, 0.05) is 24.6 Å². The summed E-state index contributed by atoms with van der Waals surface area (Å²) in [4.78, 5) is 37.6. The fourth-order valence-corrected chi connectivity index (χ4v) is 3.34. The fourth-order valence-electron chi connectivity index (χ4n) is 2.71. The van der Waals surface area contributed by atoms with Crippen molar-refractivity contribution in [1.82, 2.24) is 4.90 Å². The van der Waals surface area contributed by atoms with Crippen LogP contribution in [0.15, 0.2) is 0 Å². The summed E-state index contributed by atoms with van der Waals surface area (Å²) >= 11 is 1.15. The van der Waals surface area contributed by atoms with Gasteiger partial charge in [-0.25, -0.2) is 0 Å². The minimum atomic E-state index is -0.558. The first-order chi connectivity index (χ1) is 10.6. The Hall–Kier alpha value is -1.04. The van der Waals surface area contributed by atoms with Crippen LogP contribution in [-0.4, -0.2) is 45.8 Å². The Bertz CT molecular complexity index is 438. The number of ether oxygens (including phenoxy) is 1. The smallest absolute Gasteiger partial charge is 0.326 e. The van der Waals surface area contributed by atoms with E-state index in [4.69, 9.17) is 4.74 Å². The molecule has 0 saturated heterocycles.